The van der Waals surface area contributed by atoms with Gasteiger partial charge in [-0.05, 0) is 13.0 Å². The molecule has 2 rings (SSSR count). The van der Waals surface area contributed by atoms with Crippen molar-refractivity contribution in [1.82, 2.24) is 15.1 Å². The number of nitrogens with one attached hydrogen (secondary N) is 1. The van der Waals surface area contributed by atoms with Crippen LogP contribution in [0.25, 0.3) is 0 Å². The van der Waals surface area contributed by atoms with Crippen molar-refractivity contribution in [3.05, 3.63) is 47.5 Å². The van der Waals surface area contributed by atoms with Crippen LogP contribution < -0.4 is 10.1 Å². The summed E-state index contributed by atoms with van der Waals surface area (Å²) in [5.41, 5.74) is 1.70. The van der Waals surface area contributed by atoms with Gasteiger partial charge in [-0.1, -0.05) is 6.07 Å². The van der Waals surface area contributed by atoms with Crippen LogP contribution in [-0.2, 0) is 13.6 Å². The lowest BCUT2D eigenvalue weighted by molar-refractivity contribution is 0.409. The molecule has 102 valence electrons. The maximum atomic E-state index is 13.9. The Morgan fingerprint density at radius 2 is 2.26 bits per heavy atom. The Kier molecular flexibility index (Phi) is 4.16. The summed E-state index contributed by atoms with van der Waals surface area (Å²) in [6.07, 6.45) is 3.73. The number of aromatic nitrogens is 2. The SMILES string of the molecule is COc1ccc(C(C)NCc2cnn(C)c2)c(F)c1. The predicted molar refractivity (Wildman–Crippen MR) is 71.4 cm³/mol. The van der Waals surface area contributed by atoms with Gasteiger partial charge < -0.3 is 10.1 Å². The third-order valence-corrected chi connectivity index (χ3v) is 3.04. The second-order valence-electron chi connectivity index (χ2n) is 4.51. The largest absolute Gasteiger partial charge is 0.497 e. The van der Waals surface area contributed by atoms with Crippen LogP contribution in [0.4, 0.5) is 4.39 Å². The first kappa shape index (κ1) is 13.5. The van der Waals surface area contributed by atoms with Crippen LogP contribution in [0.15, 0.2) is 30.6 Å². The highest BCUT2D eigenvalue weighted by Crippen LogP contribution is 2.21. The highest BCUT2D eigenvalue weighted by atomic mass is 19.1. The molecule has 4 nitrogen and oxygen atoms in total. The lowest BCUT2D eigenvalue weighted by Crippen LogP contribution is -2.18. The van der Waals surface area contributed by atoms with Crippen molar-refractivity contribution in [3.63, 3.8) is 0 Å². The topological polar surface area (TPSA) is 39.1 Å². The Morgan fingerprint density at radius 3 is 2.84 bits per heavy atom. The fourth-order valence-electron chi connectivity index (χ4n) is 1.93. The molecule has 0 fully saturated rings. The van der Waals surface area contributed by atoms with Crippen molar-refractivity contribution in [3.8, 4) is 5.75 Å². The van der Waals surface area contributed by atoms with E-state index in [4.69, 9.17) is 4.74 Å². The summed E-state index contributed by atoms with van der Waals surface area (Å²) in [5.74, 6) is 0.270. The number of rotatable bonds is 5. The minimum absolute atomic E-state index is 0.0777. The number of nitrogens with zero attached hydrogens (tertiary/aromatic N) is 2. The number of methoxy groups -OCH3 is 1. The fraction of sp³-hybridized carbons (Fsp3) is 0.357. The number of ether oxygens (including phenoxy) is 1. The minimum Gasteiger partial charge on any atom is -0.497 e. The van der Waals surface area contributed by atoms with Crippen LogP contribution in [0.1, 0.15) is 24.1 Å². The van der Waals surface area contributed by atoms with E-state index in [2.05, 4.69) is 10.4 Å². The van der Waals surface area contributed by atoms with Gasteiger partial charge in [-0.25, -0.2) is 4.39 Å². The van der Waals surface area contributed by atoms with E-state index >= 15 is 0 Å². The molecule has 1 atom stereocenters. The molecule has 0 saturated heterocycles. The van der Waals surface area contributed by atoms with Crippen LogP contribution >= 0.6 is 0 Å². The van der Waals surface area contributed by atoms with Gasteiger partial charge in [0.2, 0.25) is 0 Å². The van der Waals surface area contributed by atoms with Crippen molar-refractivity contribution in [2.24, 2.45) is 7.05 Å². The molecule has 0 aliphatic rings. The molecule has 1 aromatic carbocycles. The lowest BCUT2D eigenvalue weighted by atomic mass is 10.1. The van der Waals surface area contributed by atoms with Crippen LogP contribution in [0.5, 0.6) is 5.75 Å². The van der Waals surface area contributed by atoms with Crippen LogP contribution in [0.2, 0.25) is 0 Å². The molecule has 2 aromatic rings. The van der Waals surface area contributed by atoms with Crippen molar-refractivity contribution in [2.45, 2.75) is 19.5 Å². The molecule has 0 aliphatic heterocycles. The van der Waals surface area contributed by atoms with E-state index in [0.29, 0.717) is 17.9 Å². The van der Waals surface area contributed by atoms with Gasteiger partial charge in [-0.2, -0.15) is 5.10 Å². The van der Waals surface area contributed by atoms with E-state index in [-0.39, 0.29) is 11.9 Å². The van der Waals surface area contributed by atoms with Crippen LogP contribution in [0.3, 0.4) is 0 Å². The van der Waals surface area contributed by atoms with Gasteiger partial charge in [0, 0.05) is 43.0 Å². The molecule has 0 saturated carbocycles. The van der Waals surface area contributed by atoms with E-state index < -0.39 is 0 Å². The molecule has 1 unspecified atom stereocenters. The Bertz CT molecular complexity index is 553. The molecule has 0 amide bonds. The molecule has 1 aromatic heterocycles. The third kappa shape index (κ3) is 3.32. The molecule has 0 aliphatic carbocycles. The van der Waals surface area contributed by atoms with Gasteiger partial charge in [-0.3, -0.25) is 4.68 Å². The molecular weight excluding hydrogens is 245 g/mol. The Hall–Kier alpha value is -1.88. The molecule has 0 bridgehead atoms. The first-order valence-electron chi connectivity index (χ1n) is 6.14. The van der Waals surface area contributed by atoms with E-state index in [0.717, 1.165) is 5.56 Å². The number of benzene rings is 1. The standard InChI is InChI=1S/C14H18FN3O/c1-10(16-7-11-8-17-18(2)9-11)13-5-4-12(19-3)6-14(13)15/h4-6,8-10,16H,7H2,1-3H3. The second kappa shape index (κ2) is 5.84. The number of hydrogen-bond acceptors (Lipinski definition) is 3. The Balaban J connectivity index is 2.01. The summed E-state index contributed by atoms with van der Waals surface area (Å²) in [7, 11) is 3.40. The quantitative estimate of drug-likeness (QED) is 0.900. The Morgan fingerprint density at radius 1 is 1.47 bits per heavy atom. The molecule has 0 radical (unpaired) electrons. The second-order valence-corrected chi connectivity index (χ2v) is 4.51. The molecule has 19 heavy (non-hydrogen) atoms. The minimum atomic E-state index is -0.259. The first-order chi connectivity index (χ1) is 9.10. The first-order valence-corrected chi connectivity index (χ1v) is 6.14. The van der Waals surface area contributed by atoms with Gasteiger partial charge in [-0.15, -0.1) is 0 Å². The van der Waals surface area contributed by atoms with Crippen LogP contribution in [-0.4, -0.2) is 16.9 Å². The van der Waals surface area contributed by atoms with Gasteiger partial charge in [0.25, 0.3) is 0 Å². The summed E-state index contributed by atoms with van der Waals surface area (Å²) in [6.45, 7) is 2.59. The fourth-order valence-corrected chi connectivity index (χ4v) is 1.93. The molecular formula is C14H18FN3O. The monoisotopic (exact) mass is 263 g/mol. The van der Waals surface area contributed by atoms with E-state index in [1.807, 2.05) is 20.2 Å². The van der Waals surface area contributed by atoms with Gasteiger partial charge >= 0.3 is 0 Å². The van der Waals surface area contributed by atoms with Gasteiger partial charge in [0.05, 0.1) is 13.3 Å². The molecule has 1 heterocycles. The molecule has 0 spiro atoms. The third-order valence-electron chi connectivity index (χ3n) is 3.04. The number of halogens is 1. The van der Waals surface area contributed by atoms with Crippen molar-refractivity contribution in [1.29, 1.82) is 0 Å². The predicted octanol–water partition coefficient (Wildman–Crippen LogP) is 2.42. The number of hydrogen-bond donors (Lipinski definition) is 1. The van der Waals surface area contributed by atoms with Crippen molar-refractivity contribution >= 4 is 0 Å². The van der Waals surface area contributed by atoms with Crippen molar-refractivity contribution < 1.29 is 9.13 Å². The van der Waals surface area contributed by atoms with Gasteiger partial charge in [0.1, 0.15) is 11.6 Å². The average molecular weight is 263 g/mol. The Labute approximate surface area is 112 Å². The zero-order valence-corrected chi connectivity index (χ0v) is 11.4. The average Bonchev–Trinajstić information content (AvgIpc) is 2.81. The van der Waals surface area contributed by atoms with Crippen LogP contribution in [0, 0.1) is 5.82 Å². The summed E-state index contributed by atoms with van der Waals surface area (Å²) in [4.78, 5) is 0. The molecule has 5 heteroatoms. The smallest absolute Gasteiger partial charge is 0.131 e. The summed E-state index contributed by atoms with van der Waals surface area (Å²) >= 11 is 0. The zero-order valence-electron chi connectivity index (χ0n) is 11.4. The normalized spacial score (nSPS) is 12.4. The highest BCUT2D eigenvalue weighted by Gasteiger charge is 2.11. The van der Waals surface area contributed by atoms with Gasteiger partial charge in [0.15, 0.2) is 0 Å². The zero-order chi connectivity index (χ0) is 13.8. The summed E-state index contributed by atoms with van der Waals surface area (Å²) in [6, 6.07) is 4.83. The highest BCUT2D eigenvalue weighted by molar-refractivity contribution is 5.30. The maximum absolute atomic E-state index is 13.9. The maximum Gasteiger partial charge on any atom is 0.131 e. The lowest BCUT2D eigenvalue weighted by Gasteiger charge is -2.15. The van der Waals surface area contributed by atoms with E-state index in [1.54, 1.807) is 23.0 Å². The summed E-state index contributed by atoms with van der Waals surface area (Å²) in [5, 5.41) is 7.37. The van der Waals surface area contributed by atoms with E-state index in [9.17, 15) is 4.39 Å². The van der Waals surface area contributed by atoms with E-state index in [1.165, 1.54) is 13.2 Å². The summed E-state index contributed by atoms with van der Waals surface area (Å²) < 4.78 is 20.6. The molecule has 1 N–H and O–H groups in total. The van der Waals surface area contributed by atoms with Crippen molar-refractivity contribution in [2.75, 3.05) is 7.11 Å². The number of aryl methyl sites for hydroxylation is 1.